The van der Waals surface area contributed by atoms with Gasteiger partial charge in [-0.15, -0.1) is 0 Å². The number of nitrogens with one attached hydrogen (secondary N) is 1. The van der Waals surface area contributed by atoms with Crippen molar-refractivity contribution in [3.63, 3.8) is 0 Å². The average molecular weight is 246 g/mol. The minimum absolute atomic E-state index is 0.0471. The van der Waals surface area contributed by atoms with Crippen LogP contribution in [-0.2, 0) is 23.1 Å². The van der Waals surface area contributed by atoms with Gasteiger partial charge in [-0.3, -0.25) is 4.79 Å². The van der Waals surface area contributed by atoms with Gasteiger partial charge in [0.05, 0.1) is 5.41 Å². The van der Waals surface area contributed by atoms with Gasteiger partial charge in [-0.05, 0) is 49.8 Å². The standard InChI is InChI=1S/C15H22N2O/c1-15(2,14(18)17-9-8-16)13-7-6-11-4-3-5-12(11)10-13/h6-7,10H,3-5,8-9,16H2,1-2H3,(H,17,18). The van der Waals surface area contributed by atoms with Gasteiger partial charge in [-0.25, -0.2) is 0 Å². The first-order valence-corrected chi connectivity index (χ1v) is 6.66. The number of carbonyl (C=O) groups is 1. The van der Waals surface area contributed by atoms with E-state index in [-0.39, 0.29) is 5.91 Å². The lowest BCUT2D eigenvalue weighted by Gasteiger charge is -2.24. The lowest BCUT2D eigenvalue weighted by molar-refractivity contribution is -0.125. The molecule has 3 N–H and O–H groups in total. The van der Waals surface area contributed by atoms with E-state index >= 15 is 0 Å². The van der Waals surface area contributed by atoms with Crippen LogP contribution in [0.25, 0.3) is 0 Å². The summed E-state index contributed by atoms with van der Waals surface area (Å²) in [6, 6.07) is 6.46. The van der Waals surface area contributed by atoms with E-state index in [9.17, 15) is 4.79 Å². The summed E-state index contributed by atoms with van der Waals surface area (Å²) in [6.07, 6.45) is 3.55. The van der Waals surface area contributed by atoms with Crippen molar-refractivity contribution in [1.29, 1.82) is 0 Å². The fraction of sp³-hybridized carbons (Fsp3) is 0.533. The molecule has 3 heteroatoms. The van der Waals surface area contributed by atoms with Crippen molar-refractivity contribution < 1.29 is 4.79 Å². The van der Waals surface area contributed by atoms with Crippen molar-refractivity contribution in [3.05, 3.63) is 34.9 Å². The molecule has 1 aliphatic carbocycles. The second-order valence-corrected chi connectivity index (χ2v) is 5.51. The van der Waals surface area contributed by atoms with Crippen LogP contribution in [0, 0.1) is 0 Å². The van der Waals surface area contributed by atoms with Gasteiger partial charge in [0.25, 0.3) is 0 Å². The first-order valence-electron chi connectivity index (χ1n) is 6.66. The Kier molecular flexibility index (Phi) is 3.71. The van der Waals surface area contributed by atoms with Crippen molar-refractivity contribution >= 4 is 5.91 Å². The molecule has 0 aliphatic heterocycles. The number of hydrogen-bond donors (Lipinski definition) is 2. The predicted octanol–water partition coefficient (Wildman–Crippen LogP) is 1.53. The molecule has 1 aliphatic rings. The fourth-order valence-corrected chi connectivity index (χ4v) is 2.50. The van der Waals surface area contributed by atoms with Crippen LogP contribution >= 0.6 is 0 Å². The number of hydrogen-bond acceptors (Lipinski definition) is 2. The van der Waals surface area contributed by atoms with Gasteiger partial charge in [0, 0.05) is 13.1 Å². The van der Waals surface area contributed by atoms with Gasteiger partial charge in [0.2, 0.25) is 5.91 Å². The van der Waals surface area contributed by atoms with Crippen LogP contribution in [0.5, 0.6) is 0 Å². The number of amides is 1. The first kappa shape index (κ1) is 13.1. The topological polar surface area (TPSA) is 55.1 Å². The van der Waals surface area contributed by atoms with E-state index in [0.29, 0.717) is 13.1 Å². The van der Waals surface area contributed by atoms with Gasteiger partial charge >= 0.3 is 0 Å². The summed E-state index contributed by atoms with van der Waals surface area (Å²) in [4.78, 5) is 12.2. The minimum atomic E-state index is -0.493. The first-order chi connectivity index (χ1) is 8.55. The Hall–Kier alpha value is -1.35. The molecule has 0 heterocycles. The molecule has 0 aromatic heterocycles. The Morgan fingerprint density at radius 1 is 1.33 bits per heavy atom. The molecule has 1 amide bonds. The molecule has 0 atom stereocenters. The molecule has 98 valence electrons. The molecule has 0 spiro atoms. The van der Waals surface area contributed by atoms with Crippen molar-refractivity contribution in [2.75, 3.05) is 13.1 Å². The highest BCUT2D eigenvalue weighted by molar-refractivity contribution is 5.87. The lowest BCUT2D eigenvalue weighted by Crippen LogP contribution is -2.42. The maximum atomic E-state index is 12.2. The lowest BCUT2D eigenvalue weighted by atomic mass is 9.82. The molecule has 0 saturated heterocycles. The van der Waals surface area contributed by atoms with Crippen LogP contribution in [0.3, 0.4) is 0 Å². The summed E-state index contributed by atoms with van der Waals surface area (Å²) < 4.78 is 0. The van der Waals surface area contributed by atoms with E-state index in [1.165, 1.54) is 24.0 Å². The summed E-state index contributed by atoms with van der Waals surface area (Å²) in [6.45, 7) is 4.95. The zero-order chi connectivity index (χ0) is 13.2. The molecule has 0 radical (unpaired) electrons. The maximum Gasteiger partial charge on any atom is 0.230 e. The van der Waals surface area contributed by atoms with Gasteiger partial charge in [-0.2, -0.15) is 0 Å². The van der Waals surface area contributed by atoms with Crippen LogP contribution in [0.4, 0.5) is 0 Å². The van der Waals surface area contributed by atoms with E-state index in [2.05, 4.69) is 23.5 Å². The van der Waals surface area contributed by atoms with Gasteiger partial charge < -0.3 is 11.1 Å². The Balaban J connectivity index is 2.21. The minimum Gasteiger partial charge on any atom is -0.354 e. The molecular formula is C15H22N2O. The zero-order valence-corrected chi connectivity index (χ0v) is 11.3. The molecule has 18 heavy (non-hydrogen) atoms. The molecule has 1 aromatic carbocycles. The van der Waals surface area contributed by atoms with E-state index in [1.54, 1.807) is 0 Å². The normalized spacial score (nSPS) is 14.4. The maximum absolute atomic E-state index is 12.2. The third-order valence-corrected chi connectivity index (χ3v) is 3.82. The third kappa shape index (κ3) is 2.41. The fourth-order valence-electron chi connectivity index (χ4n) is 2.50. The second kappa shape index (κ2) is 5.11. The van der Waals surface area contributed by atoms with Gasteiger partial charge in [0.1, 0.15) is 0 Å². The van der Waals surface area contributed by atoms with Gasteiger partial charge in [0.15, 0.2) is 0 Å². The SMILES string of the molecule is CC(C)(C(=O)NCCN)c1ccc2c(c1)CCC2. The van der Waals surface area contributed by atoms with Crippen LogP contribution in [0.2, 0.25) is 0 Å². The van der Waals surface area contributed by atoms with Crippen molar-refractivity contribution in [1.82, 2.24) is 5.32 Å². The van der Waals surface area contributed by atoms with Crippen molar-refractivity contribution in [3.8, 4) is 0 Å². The number of rotatable bonds is 4. The second-order valence-electron chi connectivity index (χ2n) is 5.51. The van der Waals surface area contributed by atoms with Crippen LogP contribution < -0.4 is 11.1 Å². The molecular weight excluding hydrogens is 224 g/mol. The summed E-state index contributed by atoms with van der Waals surface area (Å²) >= 11 is 0. The summed E-state index contributed by atoms with van der Waals surface area (Å²) in [5.74, 6) is 0.0471. The summed E-state index contributed by atoms with van der Waals surface area (Å²) in [5.41, 5.74) is 8.87. The van der Waals surface area contributed by atoms with E-state index in [4.69, 9.17) is 5.73 Å². The molecule has 0 fully saturated rings. The number of aryl methyl sites for hydroxylation is 2. The zero-order valence-electron chi connectivity index (χ0n) is 11.3. The number of carbonyl (C=O) groups excluding carboxylic acids is 1. The van der Waals surface area contributed by atoms with Gasteiger partial charge in [-0.1, -0.05) is 18.2 Å². The predicted molar refractivity (Wildman–Crippen MR) is 73.6 cm³/mol. The Morgan fingerprint density at radius 2 is 2.06 bits per heavy atom. The van der Waals surface area contributed by atoms with Crippen molar-refractivity contribution in [2.45, 2.75) is 38.5 Å². The smallest absolute Gasteiger partial charge is 0.230 e. The van der Waals surface area contributed by atoms with E-state index < -0.39 is 5.41 Å². The van der Waals surface area contributed by atoms with Crippen LogP contribution in [-0.4, -0.2) is 19.0 Å². The molecule has 2 rings (SSSR count). The molecule has 0 saturated carbocycles. The highest BCUT2D eigenvalue weighted by Gasteiger charge is 2.30. The quantitative estimate of drug-likeness (QED) is 0.846. The number of fused-ring (bicyclic) bond motifs is 1. The monoisotopic (exact) mass is 246 g/mol. The molecule has 0 unspecified atom stereocenters. The summed E-state index contributed by atoms with van der Waals surface area (Å²) in [7, 11) is 0. The third-order valence-electron chi connectivity index (χ3n) is 3.82. The molecule has 0 bridgehead atoms. The summed E-state index contributed by atoms with van der Waals surface area (Å²) in [5, 5.41) is 2.87. The highest BCUT2D eigenvalue weighted by atomic mass is 16.2. The Labute approximate surface area is 109 Å². The highest BCUT2D eigenvalue weighted by Crippen LogP contribution is 2.29. The number of benzene rings is 1. The molecule has 1 aromatic rings. The Bertz CT molecular complexity index is 452. The number of nitrogens with two attached hydrogens (primary N) is 1. The van der Waals surface area contributed by atoms with Crippen LogP contribution in [0.1, 0.15) is 37.0 Å². The average Bonchev–Trinajstić information content (AvgIpc) is 2.82. The molecule has 3 nitrogen and oxygen atoms in total. The van der Waals surface area contributed by atoms with Crippen molar-refractivity contribution in [2.24, 2.45) is 5.73 Å². The largest absolute Gasteiger partial charge is 0.354 e. The van der Waals surface area contributed by atoms with E-state index in [0.717, 1.165) is 12.0 Å². The van der Waals surface area contributed by atoms with E-state index in [1.807, 2.05) is 13.8 Å². The Morgan fingerprint density at radius 3 is 2.78 bits per heavy atom. The van der Waals surface area contributed by atoms with Crippen LogP contribution in [0.15, 0.2) is 18.2 Å².